The number of rotatable bonds is 3. The summed E-state index contributed by atoms with van der Waals surface area (Å²) in [5.74, 6) is 0.793. The van der Waals surface area contributed by atoms with Gasteiger partial charge in [0.25, 0.3) is 0 Å². The van der Waals surface area contributed by atoms with Crippen molar-refractivity contribution in [1.29, 1.82) is 0 Å². The molecule has 2 aromatic rings. The lowest BCUT2D eigenvalue weighted by atomic mass is 9.86. The van der Waals surface area contributed by atoms with Crippen LogP contribution < -0.4 is 5.73 Å². The molecule has 1 aromatic heterocycles. The molecule has 0 saturated heterocycles. The van der Waals surface area contributed by atoms with Crippen molar-refractivity contribution in [2.45, 2.75) is 38.5 Å². The predicted molar refractivity (Wildman–Crippen MR) is 82.2 cm³/mol. The number of hydrogen-bond acceptors (Lipinski definition) is 3. The maximum atomic E-state index is 6.15. The normalized spacial score (nSPS) is 16.6. The van der Waals surface area contributed by atoms with Crippen LogP contribution in [0.4, 0.5) is 5.00 Å². The van der Waals surface area contributed by atoms with E-state index < -0.39 is 0 Å². The van der Waals surface area contributed by atoms with E-state index in [1.54, 1.807) is 11.3 Å². The SMILES string of the molecule is Nc1sc(-c2ccccc2)nc1CC1CCCCC1. The fourth-order valence-electron chi connectivity index (χ4n) is 2.88. The molecule has 3 heteroatoms. The van der Waals surface area contributed by atoms with Gasteiger partial charge >= 0.3 is 0 Å². The number of aromatic nitrogens is 1. The first kappa shape index (κ1) is 12.7. The molecule has 100 valence electrons. The average Bonchev–Trinajstić information content (AvgIpc) is 2.82. The maximum absolute atomic E-state index is 6.15. The standard InChI is InChI=1S/C16H20N2S/c17-15-14(11-12-7-3-1-4-8-12)18-16(19-15)13-9-5-2-6-10-13/h2,5-6,9-10,12H,1,3-4,7-8,11,17H2. The monoisotopic (exact) mass is 272 g/mol. The van der Waals surface area contributed by atoms with Crippen molar-refractivity contribution >= 4 is 16.3 Å². The van der Waals surface area contributed by atoms with E-state index in [9.17, 15) is 0 Å². The molecule has 0 radical (unpaired) electrons. The van der Waals surface area contributed by atoms with Crippen LogP contribution in [0, 0.1) is 5.92 Å². The molecule has 2 nitrogen and oxygen atoms in total. The Hall–Kier alpha value is -1.35. The van der Waals surface area contributed by atoms with Crippen molar-refractivity contribution in [2.24, 2.45) is 5.92 Å². The smallest absolute Gasteiger partial charge is 0.125 e. The highest BCUT2D eigenvalue weighted by atomic mass is 32.1. The van der Waals surface area contributed by atoms with Crippen LogP contribution in [0.2, 0.25) is 0 Å². The molecule has 1 heterocycles. The van der Waals surface area contributed by atoms with Gasteiger partial charge in [-0.15, -0.1) is 0 Å². The van der Waals surface area contributed by atoms with Crippen LogP contribution in [0.1, 0.15) is 37.8 Å². The quantitative estimate of drug-likeness (QED) is 0.892. The average molecular weight is 272 g/mol. The Balaban J connectivity index is 1.77. The zero-order valence-corrected chi connectivity index (χ0v) is 12.0. The number of nitrogens with zero attached hydrogens (tertiary/aromatic N) is 1. The second-order valence-electron chi connectivity index (χ2n) is 5.40. The van der Waals surface area contributed by atoms with Crippen LogP contribution in [0.5, 0.6) is 0 Å². The first-order chi connectivity index (χ1) is 9.33. The molecule has 0 spiro atoms. The fraction of sp³-hybridized carbons (Fsp3) is 0.438. The molecular weight excluding hydrogens is 252 g/mol. The van der Waals surface area contributed by atoms with E-state index in [0.29, 0.717) is 0 Å². The summed E-state index contributed by atoms with van der Waals surface area (Å²) in [6.45, 7) is 0. The van der Waals surface area contributed by atoms with Gasteiger partial charge in [0.05, 0.1) is 5.69 Å². The van der Waals surface area contributed by atoms with E-state index in [1.165, 1.54) is 37.7 Å². The first-order valence-corrected chi connectivity index (χ1v) is 7.95. The summed E-state index contributed by atoms with van der Waals surface area (Å²) >= 11 is 1.62. The summed E-state index contributed by atoms with van der Waals surface area (Å²) < 4.78 is 0. The third-order valence-electron chi connectivity index (χ3n) is 3.96. The Morgan fingerprint density at radius 3 is 2.58 bits per heavy atom. The molecule has 0 bridgehead atoms. The Morgan fingerprint density at radius 2 is 1.84 bits per heavy atom. The van der Waals surface area contributed by atoms with Crippen molar-refractivity contribution in [3.63, 3.8) is 0 Å². The summed E-state index contributed by atoms with van der Waals surface area (Å²) in [6.07, 6.45) is 7.91. The zero-order chi connectivity index (χ0) is 13.1. The lowest BCUT2D eigenvalue weighted by molar-refractivity contribution is 0.355. The summed E-state index contributed by atoms with van der Waals surface area (Å²) in [4.78, 5) is 4.77. The minimum atomic E-state index is 0.793. The topological polar surface area (TPSA) is 38.9 Å². The highest BCUT2D eigenvalue weighted by Crippen LogP contribution is 2.34. The molecule has 0 unspecified atom stereocenters. The Kier molecular flexibility index (Phi) is 3.83. The van der Waals surface area contributed by atoms with Crippen LogP contribution in [-0.2, 0) is 6.42 Å². The Labute approximate surface area is 118 Å². The van der Waals surface area contributed by atoms with Crippen LogP contribution >= 0.6 is 11.3 Å². The molecule has 1 aliphatic rings. The Morgan fingerprint density at radius 1 is 1.11 bits per heavy atom. The van der Waals surface area contributed by atoms with Crippen molar-refractivity contribution in [2.75, 3.05) is 5.73 Å². The van der Waals surface area contributed by atoms with Gasteiger partial charge in [0.1, 0.15) is 10.0 Å². The fourth-order valence-corrected chi connectivity index (χ4v) is 3.74. The van der Waals surface area contributed by atoms with E-state index in [1.807, 2.05) is 18.2 Å². The predicted octanol–water partition coefficient (Wildman–Crippen LogP) is 4.52. The van der Waals surface area contributed by atoms with Crippen LogP contribution in [0.25, 0.3) is 10.6 Å². The van der Waals surface area contributed by atoms with Gasteiger partial charge in [-0.1, -0.05) is 73.8 Å². The molecular formula is C16H20N2S. The number of hydrogen-bond donors (Lipinski definition) is 1. The Bertz CT molecular complexity index is 527. The maximum Gasteiger partial charge on any atom is 0.125 e. The molecule has 3 rings (SSSR count). The summed E-state index contributed by atoms with van der Waals surface area (Å²) in [6, 6.07) is 10.3. The summed E-state index contributed by atoms with van der Waals surface area (Å²) in [7, 11) is 0. The molecule has 0 atom stereocenters. The second-order valence-corrected chi connectivity index (χ2v) is 6.43. The molecule has 1 aliphatic carbocycles. The highest BCUT2D eigenvalue weighted by molar-refractivity contribution is 7.18. The van der Waals surface area contributed by atoms with Gasteiger partial charge in [0.2, 0.25) is 0 Å². The number of benzene rings is 1. The molecule has 2 N–H and O–H groups in total. The van der Waals surface area contributed by atoms with Crippen molar-refractivity contribution < 1.29 is 0 Å². The third kappa shape index (κ3) is 2.98. The number of thiazole rings is 1. The van der Waals surface area contributed by atoms with Gasteiger partial charge < -0.3 is 5.73 Å². The molecule has 1 aromatic carbocycles. The van der Waals surface area contributed by atoms with Gasteiger partial charge in [0.15, 0.2) is 0 Å². The minimum absolute atomic E-state index is 0.793. The molecule has 0 amide bonds. The van der Waals surface area contributed by atoms with Crippen LogP contribution in [0.3, 0.4) is 0 Å². The second kappa shape index (κ2) is 5.74. The molecule has 1 saturated carbocycles. The van der Waals surface area contributed by atoms with Gasteiger partial charge in [-0.25, -0.2) is 4.98 Å². The molecule has 19 heavy (non-hydrogen) atoms. The van der Waals surface area contributed by atoms with E-state index in [-0.39, 0.29) is 0 Å². The lowest BCUT2D eigenvalue weighted by Crippen LogP contribution is -2.10. The minimum Gasteiger partial charge on any atom is -0.389 e. The van der Waals surface area contributed by atoms with Gasteiger partial charge in [-0.2, -0.15) is 0 Å². The largest absolute Gasteiger partial charge is 0.389 e. The van der Waals surface area contributed by atoms with Gasteiger partial charge in [-0.3, -0.25) is 0 Å². The van der Waals surface area contributed by atoms with Crippen LogP contribution in [0.15, 0.2) is 30.3 Å². The van der Waals surface area contributed by atoms with E-state index in [2.05, 4.69) is 12.1 Å². The highest BCUT2D eigenvalue weighted by Gasteiger charge is 2.18. The van der Waals surface area contributed by atoms with Crippen molar-refractivity contribution in [3.05, 3.63) is 36.0 Å². The zero-order valence-electron chi connectivity index (χ0n) is 11.1. The number of anilines is 1. The number of nitrogen functional groups attached to an aromatic ring is 1. The van der Waals surface area contributed by atoms with Gasteiger partial charge in [-0.05, 0) is 12.3 Å². The molecule has 0 aliphatic heterocycles. The summed E-state index contributed by atoms with van der Waals surface area (Å²) in [5, 5.41) is 1.97. The van der Waals surface area contributed by atoms with E-state index in [4.69, 9.17) is 10.7 Å². The lowest BCUT2D eigenvalue weighted by Gasteiger charge is -2.20. The van der Waals surface area contributed by atoms with E-state index >= 15 is 0 Å². The summed E-state index contributed by atoms with van der Waals surface area (Å²) in [5.41, 5.74) is 8.45. The van der Waals surface area contributed by atoms with Crippen LogP contribution in [-0.4, -0.2) is 4.98 Å². The van der Waals surface area contributed by atoms with Gasteiger partial charge in [0, 0.05) is 5.56 Å². The number of nitrogens with two attached hydrogens (primary N) is 1. The van der Waals surface area contributed by atoms with E-state index in [0.717, 1.165) is 28.0 Å². The van der Waals surface area contributed by atoms with Crippen molar-refractivity contribution in [3.8, 4) is 10.6 Å². The molecule has 1 fully saturated rings. The third-order valence-corrected chi connectivity index (χ3v) is 4.93. The first-order valence-electron chi connectivity index (χ1n) is 7.13. The van der Waals surface area contributed by atoms with Crippen molar-refractivity contribution in [1.82, 2.24) is 4.98 Å².